The van der Waals surface area contributed by atoms with Crippen molar-refractivity contribution in [1.29, 1.82) is 0 Å². The summed E-state index contributed by atoms with van der Waals surface area (Å²) in [6, 6.07) is 11.4. The average molecular weight is 463 g/mol. The molecule has 1 aliphatic rings. The molecule has 1 saturated heterocycles. The summed E-state index contributed by atoms with van der Waals surface area (Å²) >= 11 is 6.24. The fourth-order valence-electron chi connectivity index (χ4n) is 3.19. The molecule has 1 fully saturated rings. The first-order valence-electron chi connectivity index (χ1n) is 10.0. The summed E-state index contributed by atoms with van der Waals surface area (Å²) in [5.41, 5.74) is 5.49. The number of hydrazone groups is 1. The number of sulfonamides is 1. The van der Waals surface area contributed by atoms with Crippen molar-refractivity contribution in [3.63, 3.8) is 0 Å². The van der Waals surface area contributed by atoms with Gasteiger partial charge in [-0.1, -0.05) is 35.4 Å². The zero-order chi connectivity index (χ0) is 22.6. The van der Waals surface area contributed by atoms with Crippen LogP contribution in [0.3, 0.4) is 0 Å². The highest BCUT2D eigenvalue weighted by atomic mass is 35.5. The van der Waals surface area contributed by atoms with Gasteiger partial charge in [0, 0.05) is 36.7 Å². The van der Waals surface area contributed by atoms with E-state index in [1.807, 2.05) is 20.9 Å². The molecule has 9 heteroatoms. The van der Waals surface area contributed by atoms with Gasteiger partial charge in [0.2, 0.25) is 0 Å². The number of carbonyl (C=O) groups excluding carboxylic acids is 1. The number of carbonyl (C=O) groups is 1. The molecule has 0 atom stereocenters. The molecule has 1 N–H and O–H groups in total. The Morgan fingerprint density at radius 1 is 1.13 bits per heavy atom. The van der Waals surface area contributed by atoms with E-state index < -0.39 is 22.5 Å². The molecule has 2 aromatic rings. The van der Waals surface area contributed by atoms with E-state index >= 15 is 0 Å². The van der Waals surface area contributed by atoms with Gasteiger partial charge in [-0.2, -0.15) is 5.10 Å². The first kappa shape index (κ1) is 23.2. The average Bonchev–Trinajstić information content (AvgIpc) is 2.74. The third-order valence-corrected chi connectivity index (χ3v) is 7.44. The van der Waals surface area contributed by atoms with Crippen LogP contribution in [-0.2, 0) is 14.8 Å². The lowest BCUT2D eigenvalue weighted by atomic mass is 10.1. The van der Waals surface area contributed by atoms with Gasteiger partial charge in [0.25, 0.3) is 15.9 Å². The molecule has 0 bridgehead atoms. The van der Waals surface area contributed by atoms with Crippen LogP contribution >= 0.6 is 11.6 Å². The first-order valence-corrected chi connectivity index (χ1v) is 11.9. The Morgan fingerprint density at radius 2 is 1.77 bits per heavy atom. The summed E-state index contributed by atoms with van der Waals surface area (Å²) in [6.45, 7) is 5.06. The minimum Gasteiger partial charge on any atom is -0.306 e. The maximum atomic E-state index is 13.4. The molecule has 1 amide bonds. The lowest BCUT2D eigenvalue weighted by Crippen LogP contribution is -2.40. The van der Waals surface area contributed by atoms with E-state index in [-0.39, 0.29) is 4.90 Å². The van der Waals surface area contributed by atoms with Gasteiger partial charge in [-0.05, 0) is 50.7 Å². The smallest absolute Gasteiger partial charge is 0.264 e. The number of benzene rings is 2. The molecule has 2 aromatic carbocycles. The van der Waals surface area contributed by atoms with Crippen molar-refractivity contribution in [2.24, 2.45) is 5.10 Å². The van der Waals surface area contributed by atoms with Gasteiger partial charge in [0.05, 0.1) is 10.6 Å². The van der Waals surface area contributed by atoms with Gasteiger partial charge >= 0.3 is 0 Å². The number of likely N-dealkylation sites (tertiary alicyclic amines) is 1. The van der Waals surface area contributed by atoms with Crippen LogP contribution in [0.5, 0.6) is 0 Å². The maximum absolute atomic E-state index is 13.4. The molecule has 7 nitrogen and oxygen atoms in total. The summed E-state index contributed by atoms with van der Waals surface area (Å²) < 4.78 is 27.8. The Bertz CT molecular complexity index is 1070. The SMILES string of the molecule is Cc1ccc(S(=O)(=O)N(CC(=O)NN=C2CCN(C)CC2)c2ccc(C)c(Cl)c2)cc1. The second-order valence-corrected chi connectivity index (χ2v) is 10.0. The van der Waals surface area contributed by atoms with Crippen molar-refractivity contribution in [3.8, 4) is 0 Å². The zero-order valence-electron chi connectivity index (χ0n) is 17.9. The first-order chi connectivity index (χ1) is 14.7. The Morgan fingerprint density at radius 3 is 2.39 bits per heavy atom. The van der Waals surface area contributed by atoms with Crippen molar-refractivity contribution in [2.45, 2.75) is 31.6 Å². The van der Waals surface area contributed by atoms with Crippen LogP contribution in [0.2, 0.25) is 5.02 Å². The fourth-order valence-corrected chi connectivity index (χ4v) is 4.77. The predicted octanol–water partition coefficient (Wildman–Crippen LogP) is 3.35. The van der Waals surface area contributed by atoms with Crippen LogP contribution in [0.4, 0.5) is 5.69 Å². The highest BCUT2D eigenvalue weighted by molar-refractivity contribution is 7.92. The third kappa shape index (κ3) is 5.84. The lowest BCUT2D eigenvalue weighted by molar-refractivity contribution is -0.119. The number of hydrogen-bond acceptors (Lipinski definition) is 5. The van der Waals surface area contributed by atoms with E-state index in [0.29, 0.717) is 10.7 Å². The monoisotopic (exact) mass is 462 g/mol. The van der Waals surface area contributed by atoms with Gasteiger partial charge in [-0.3, -0.25) is 9.10 Å². The molecular weight excluding hydrogens is 436 g/mol. The number of hydrogen-bond donors (Lipinski definition) is 1. The van der Waals surface area contributed by atoms with Crippen LogP contribution in [0.15, 0.2) is 52.5 Å². The van der Waals surface area contributed by atoms with Crippen molar-refractivity contribution >= 4 is 38.9 Å². The van der Waals surface area contributed by atoms with E-state index in [1.165, 1.54) is 12.1 Å². The topological polar surface area (TPSA) is 82.1 Å². The molecular formula is C22H27ClN4O3S. The number of piperidine rings is 1. The molecule has 1 aliphatic heterocycles. The highest BCUT2D eigenvalue weighted by Gasteiger charge is 2.27. The molecule has 0 radical (unpaired) electrons. The number of anilines is 1. The van der Waals surface area contributed by atoms with Crippen molar-refractivity contribution in [1.82, 2.24) is 10.3 Å². The summed E-state index contributed by atoms with van der Waals surface area (Å²) in [5.74, 6) is -0.515. The third-order valence-electron chi connectivity index (χ3n) is 5.24. The van der Waals surface area contributed by atoms with Gasteiger partial charge in [-0.25, -0.2) is 13.8 Å². The molecule has 31 heavy (non-hydrogen) atoms. The molecule has 0 aromatic heterocycles. The molecule has 1 heterocycles. The van der Waals surface area contributed by atoms with E-state index in [9.17, 15) is 13.2 Å². The van der Waals surface area contributed by atoms with Crippen LogP contribution in [0, 0.1) is 13.8 Å². The van der Waals surface area contributed by atoms with E-state index in [2.05, 4.69) is 15.4 Å². The van der Waals surface area contributed by atoms with Crippen LogP contribution in [0.25, 0.3) is 0 Å². The summed E-state index contributed by atoms with van der Waals surface area (Å²) in [7, 11) is -1.95. The zero-order valence-corrected chi connectivity index (χ0v) is 19.5. The van der Waals surface area contributed by atoms with Gasteiger partial charge in [-0.15, -0.1) is 0 Å². The van der Waals surface area contributed by atoms with Crippen LogP contribution in [0.1, 0.15) is 24.0 Å². The van der Waals surface area contributed by atoms with Gasteiger partial charge in [0.15, 0.2) is 0 Å². The number of rotatable bonds is 6. The van der Waals surface area contributed by atoms with Gasteiger partial charge in [0.1, 0.15) is 6.54 Å². The quantitative estimate of drug-likeness (QED) is 0.667. The summed E-state index contributed by atoms with van der Waals surface area (Å²) in [5, 5.41) is 4.63. The summed E-state index contributed by atoms with van der Waals surface area (Å²) in [4.78, 5) is 14.9. The highest BCUT2D eigenvalue weighted by Crippen LogP contribution is 2.28. The Labute approximate surface area is 188 Å². The Kier molecular flexibility index (Phi) is 7.35. The minimum atomic E-state index is -3.99. The number of halogens is 1. The normalized spacial score (nSPS) is 14.9. The van der Waals surface area contributed by atoms with E-state index in [0.717, 1.165) is 47.1 Å². The second-order valence-electron chi connectivity index (χ2n) is 7.77. The number of nitrogens with one attached hydrogen (secondary N) is 1. The largest absolute Gasteiger partial charge is 0.306 e. The molecule has 166 valence electrons. The number of aryl methyl sites for hydroxylation is 2. The van der Waals surface area contributed by atoms with Crippen molar-refractivity contribution < 1.29 is 13.2 Å². The Hall–Kier alpha value is -2.42. The molecule has 0 spiro atoms. The van der Waals surface area contributed by atoms with Gasteiger partial charge < -0.3 is 4.90 Å². The molecule has 0 unspecified atom stereocenters. The van der Waals surface area contributed by atoms with Crippen LogP contribution < -0.4 is 9.73 Å². The van der Waals surface area contributed by atoms with Crippen LogP contribution in [-0.4, -0.2) is 51.6 Å². The molecule has 3 rings (SSSR count). The molecule has 0 aliphatic carbocycles. The number of amides is 1. The minimum absolute atomic E-state index is 0.101. The lowest BCUT2D eigenvalue weighted by Gasteiger charge is -2.25. The standard InChI is InChI=1S/C22H27ClN4O3S/c1-16-4-8-20(9-5-16)31(29,30)27(19-7-6-17(2)21(23)14-19)15-22(28)25-24-18-10-12-26(3)13-11-18/h4-9,14H,10-13,15H2,1-3H3,(H,25,28). The van der Waals surface area contributed by atoms with E-state index in [1.54, 1.807) is 30.3 Å². The predicted molar refractivity (Wildman–Crippen MR) is 124 cm³/mol. The Balaban J connectivity index is 1.87. The molecule has 0 saturated carbocycles. The van der Waals surface area contributed by atoms with E-state index in [4.69, 9.17) is 11.6 Å². The van der Waals surface area contributed by atoms with Crippen molar-refractivity contribution in [2.75, 3.05) is 31.0 Å². The fraction of sp³-hybridized carbons (Fsp3) is 0.364. The number of nitrogens with zero attached hydrogens (tertiary/aromatic N) is 3. The summed E-state index contributed by atoms with van der Waals surface area (Å²) in [6.07, 6.45) is 1.55. The maximum Gasteiger partial charge on any atom is 0.264 e. The second kappa shape index (κ2) is 9.80. The van der Waals surface area contributed by atoms with Crippen molar-refractivity contribution in [3.05, 3.63) is 58.6 Å².